The molecule has 0 aliphatic rings. The van der Waals surface area contributed by atoms with Gasteiger partial charge in [0.2, 0.25) is 0 Å². The summed E-state index contributed by atoms with van der Waals surface area (Å²) < 4.78 is 0. The van der Waals surface area contributed by atoms with Crippen LogP contribution in [0, 0.1) is 0 Å². The lowest BCUT2D eigenvalue weighted by Gasteiger charge is -1.88. The molecule has 0 fully saturated rings. The van der Waals surface area contributed by atoms with Crippen LogP contribution in [0.2, 0.25) is 0 Å². The Balaban J connectivity index is 0. The summed E-state index contributed by atoms with van der Waals surface area (Å²) in [7, 11) is 1.82. The molecule has 0 N–H and O–H groups in total. The van der Waals surface area contributed by atoms with Crippen molar-refractivity contribution in [3.8, 4) is 0 Å². The van der Waals surface area contributed by atoms with Crippen molar-refractivity contribution < 1.29 is 0 Å². The molecule has 0 amide bonds. The van der Waals surface area contributed by atoms with Gasteiger partial charge in [-0.15, -0.1) is 0 Å². The van der Waals surface area contributed by atoms with E-state index in [1.54, 1.807) is 0 Å². The smallest absolute Gasteiger partial charge is 0.0338 e. The molecule has 0 saturated carbocycles. The fraction of sp³-hybridized carbons (Fsp3) is 0.667. The fourth-order valence-corrected chi connectivity index (χ4v) is 0.543. The molecule has 60 valence electrons. The zero-order valence-corrected chi connectivity index (χ0v) is 7.81. The molecule has 0 aliphatic heterocycles. The maximum absolute atomic E-state index is 4.03. The first-order valence-electron chi connectivity index (χ1n) is 3.93. The average Bonchev–Trinajstić information content (AvgIpc) is 2.04. The Morgan fingerprint density at radius 3 is 2.00 bits per heavy atom. The molecule has 0 aromatic rings. The van der Waals surface area contributed by atoms with Crippen molar-refractivity contribution in [1.29, 1.82) is 0 Å². The number of aliphatic imine (C=N–C) groups is 1. The first-order valence-corrected chi connectivity index (χ1v) is 3.93. The van der Waals surface area contributed by atoms with Crippen LogP contribution < -0.4 is 0 Å². The molecule has 0 aliphatic carbocycles. The van der Waals surface area contributed by atoms with Gasteiger partial charge in [-0.3, -0.25) is 4.99 Å². The molecule has 0 bridgehead atoms. The van der Waals surface area contributed by atoms with Gasteiger partial charge >= 0.3 is 0 Å². The van der Waals surface area contributed by atoms with Crippen LogP contribution in [-0.2, 0) is 0 Å². The highest BCUT2D eigenvalue weighted by molar-refractivity contribution is 5.94. The van der Waals surface area contributed by atoms with E-state index in [4.69, 9.17) is 0 Å². The largest absolute Gasteiger partial charge is 0.293 e. The van der Waals surface area contributed by atoms with Crippen molar-refractivity contribution >= 4 is 5.71 Å². The third-order valence-corrected chi connectivity index (χ3v) is 1.01. The van der Waals surface area contributed by atoms with Crippen molar-refractivity contribution in [1.82, 2.24) is 0 Å². The first-order chi connectivity index (χ1) is 4.85. The van der Waals surface area contributed by atoms with E-state index in [9.17, 15) is 0 Å². The quantitative estimate of drug-likeness (QED) is 0.524. The molecular weight excluding hydrogens is 122 g/mol. The molecule has 0 aromatic heterocycles. The van der Waals surface area contributed by atoms with Gasteiger partial charge in [0.15, 0.2) is 0 Å². The molecule has 1 nitrogen and oxygen atoms in total. The van der Waals surface area contributed by atoms with Crippen LogP contribution in [0.5, 0.6) is 0 Å². The summed E-state index contributed by atoms with van der Waals surface area (Å²) in [6.45, 7) is 8.10. The molecule has 0 heterocycles. The Labute approximate surface area is 64.9 Å². The van der Waals surface area contributed by atoms with Crippen molar-refractivity contribution in [2.75, 3.05) is 7.05 Å². The Hall–Kier alpha value is -0.590. The molecule has 0 unspecified atom stereocenters. The lowest BCUT2D eigenvalue weighted by Crippen LogP contribution is -1.87. The Morgan fingerprint density at radius 1 is 1.40 bits per heavy atom. The van der Waals surface area contributed by atoms with Gasteiger partial charge in [-0.2, -0.15) is 0 Å². The van der Waals surface area contributed by atoms with Gasteiger partial charge in [0.05, 0.1) is 0 Å². The Morgan fingerprint density at radius 2 is 1.90 bits per heavy atom. The Kier molecular flexibility index (Phi) is 13.6. The first kappa shape index (κ1) is 12.1. The van der Waals surface area contributed by atoms with Gasteiger partial charge in [0.25, 0.3) is 0 Å². The molecule has 0 radical (unpaired) electrons. The van der Waals surface area contributed by atoms with Crippen molar-refractivity contribution in [2.45, 2.75) is 34.1 Å². The van der Waals surface area contributed by atoms with Crippen LogP contribution in [-0.4, -0.2) is 12.8 Å². The van der Waals surface area contributed by atoms with Gasteiger partial charge in [0.1, 0.15) is 0 Å². The summed E-state index contributed by atoms with van der Waals surface area (Å²) in [6, 6.07) is 0. The minimum absolute atomic E-state index is 1.03. The maximum atomic E-state index is 4.03. The van der Waals surface area contributed by atoms with Crippen molar-refractivity contribution in [2.24, 2.45) is 4.99 Å². The molecule has 0 spiro atoms. The number of nitrogens with zero attached hydrogens (tertiary/aromatic N) is 1. The number of rotatable bonds is 2. The second kappa shape index (κ2) is 11.2. The molecular formula is C9H19N. The number of allylic oxidation sites excluding steroid dienone is 2. The zero-order chi connectivity index (χ0) is 8.41. The monoisotopic (exact) mass is 141 g/mol. The summed E-state index contributed by atoms with van der Waals surface area (Å²) in [4.78, 5) is 4.03. The van der Waals surface area contributed by atoms with Gasteiger partial charge in [-0.1, -0.05) is 26.8 Å². The standard InChI is InChI=1S/C7H13N.C2H6/c1-4-6-7(5-2)8-3;1-2/h4,6H,5H2,1-3H3;1-2H3/b6-4-,8-7?;. The van der Waals surface area contributed by atoms with E-state index < -0.39 is 0 Å². The lowest BCUT2D eigenvalue weighted by molar-refractivity contribution is 1.26. The van der Waals surface area contributed by atoms with Gasteiger partial charge in [-0.05, 0) is 19.4 Å². The minimum atomic E-state index is 1.03. The molecule has 0 aromatic carbocycles. The van der Waals surface area contributed by atoms with E-state index in [1.165, 1.54) is 0 Å². The molecule has 10 heavy (non-hydrogen) atoms. The van der Waals surface area contributed by atoms with E-state index in [-0.39, 0.29) is 0 Å². The highest BCUT2D eigenvalue weighted by Crippen LogP contribution is 1.85. The molecule has 0 rings (SSSR count). The van der Waals surface area contributed by atoms with Crippen molar-refractivity contribution in [3.05, 3.63) is 12.2 Å². The molecule has 1 heteroatoms. The average molecular weight is 141 g/mol. The normalized spacial score (nSPS) is 11.1. The topological polar surface area (TPSA) is 12.4 Å². The van der Waals surface area contributed by atoms with Gasteiger partial charge in [0, 0.05) is 12.8 Å². The van der Waals surface area contributed by atoms with Gasteiger partial charge < -0.3 is 0 Å². The van der Waals surface area contributed by atoms with E-state index in [0.29, 0.717) is 0 Å². The Bertz CT molecular complexity index is 98.5. The molecule has 0 atom stereocenters. The van der Waals surface area contributed by atoms with Crippen LogP contribution in [0.1, 0.15) is 34.1 Å². The van der Waals surface area contributed by atoms with Crippen LogP contribution in [0.3, 0.4) is 0 Å². The van der Waals surface area contributed by atoms with Crippen LogP contribution in [0.25, 0.3) is 0 Å². The highest BCUT2D eigenvalue weighted by Gasteiger charge is 1.81. The summed E-state index contributed by atoms with van der Waals surface area (Å²) >= 11 is 0. The predicted octanol–water partition coefficient (Wildman–Crippen LogP) is 3.07. The minimum Gasteiger partial charge on any atom is -0.293 e. The molecule has 0 saturated heterocycles. The highest BCUT2D eigenvalue weighted by atomic mass is 14.7. The summed E-state index contributed by atoms with van der Waals surface area (Å²) in [6.07, 6.45) is 5.06. The van der Waals surface area contributed by atoms with Crippen LogP contribution in [0.15, 0.2) is 17.1 Å². The predicted molar refractivity (Wildman–Crippen MR) is 49.8 cm³/mol. The fourth-order valence-electron chi connectivity index (χ4n) is 0.543. The van der Waals surface area contributed by atoms with Crippen LogP contribution >= 0.6 is 0 Å². The number of hydrogen-bond donors (Lipinski definition) is 0. The maximum Gasteiger partial charge on any atom is 0.0338 e. The summed E-state index contributed by atoms with van der Waals surface area (Å²) in [5.41, 5.74) is 1.16. The zero-order valence-electron chi connectivity index (χ0n) is 7.81. The second-order valence-electron chi connectivity index (χ2n) is 1.57. The van der Waals surface area contributed by atoms with Crippen LogP contribution in [0.4, 0.5) is 0 Å². The SMILES string of the molecule is C/C=C\C(CC)=NC.CC. The van der Waals surface area contributed by atoms with E-state index >= 15 is 0 Å². The number of hydrogen-bond acceptors (Lipinski definition) is 1. The van der Waals surface area contributed by atoms with E-state index in [1.807, 2.05) is 40.0 Å². The van der Waals surface area contributed by atoms with Gasteiger partial charge in [-0.25, -0.2) is 0 Å². The summed E-state index contributed by atoms with van der Waals surface area (Å²) in [5, 5.41) is 0. The van der Waals surface area contributed by atoms with E-state index in [0.717, 1.165) is 12.1 Å². The third kappa shape index (κ3) is 7.41. The van der Waals surface area contributed by atoms with E-state index in [2.05, 4.69) is 11.9 Å². The lowest BCUT2D eigenvalue weighted by atomic mass is 10.3. The van der Waals surface area contributed by atoms with Crippen molar-refractivity contribution in [3.63, 3.8) is 0 Å². The third-order valence-electron chi connectivity index (χ3n) is 1.01. The second-order valence-corrected chi connectivity index (χ2v) is 1.57. The summed E-state index contributed by atoms with van der Waals surface area (Å²) in [5.74, 6) is 0.